The molecule has 0 aliphatic heterocycles. The molecule has 1 rings (SSSR count). The second kappa shape index (κ2) is 6.65. The number of hydrogen-bond donors (Lipinski definition) is 3. The van der Waals surface area contributed by atoms with Crippen LogP contribution < -0.4 is 16.6 Å². The van der Waals surface area contributed by atoms with E-state index in [-0.39, 0.29) is 0 Å². The molecule has 0 radical (unpaired) electrons. The van der Waals surface area contributed by atoms with E-state index in [1.807, 2.05) is 0 Å². The number of nitrogens with two attached hydrogens (primary N) is 1. The minimum absolute atomic E-state index is 0.681. The van der Waals surface area contributed by atoms with Crippen LogP contribution in [0.5, 0.6) is 0 Å². The molecule has 0 bridgehead atoms. The Morgan fingerprint density at radius 1 is 1.36 bits per heavy atom. The molecule has 0 heterocycles. The van der Waals surface area contributed by atoms with Gasteiger partial charge in [-0.05, 0) is 12.3 Å². The number of rotatable bonds is 3. The van der Waals surface area contributed by atoms with Gasteiger partial charge in [-0.3, -0.25) is 10.4 Å². The highest BCUT2D eigenvalue weighted by Gasteiger charge is 2.12. The van der Waals surface area contributed by atoms with Crippen molar-refractivity contribution in [2.24, 2.45) is 16.8 Å². The SMILES string of the molecule is CN=C(NN)NCCC1CCCCC1. The zero-order valence-corrected chi connectivity index (χ0v) is 9.05. The van der Waals surface area contributed by atoms with Crippen molar-refractivity contribution in [2.75, 3.05) is 13.6 Å². The molecule has 0 saturated heterocycles. The summed E-state index contributed by atoms with van der Waals surface area (Å²) in [5.74, 6) is 6.85. The van der Waals surface area contributed by atoms with Gasteiger partial charge >= 0.3 is 0 Å². The molecular weight excluding hydrogens is 176 g/mol. The topological polar surface area (TPSA) is 62.4 Å². The van der Waals surface area contributed by atoms with Gasteiger partial charge in [-0.15, -0.1) is 0 Å². The molecule has 1 aliphatic carbocycles. The van der Waals surface area contributed by atoms with Crippen LogP contribution in [0.2, 0.25) is 0 Å². The summed E-state index contributed by atoms with van der Waals surface area (Å²) in [6.45, 7) is 0.974. The highest BCUT2D eigenvalue weighted by Crippen LogP contribution is 2.25. The Kier molecular flexibility index (Phi) is 5.37. The standard InChI is InChI=1S/C10H22N4/c1-12-10(14-11)13-8-7-9-5-3-2-4-6-9/h9H,2-8,11H2,1H3,(H2,12,13,14). The molecular formula is C10H22N4. The van der Waals surface area contributed by atoms with Crippen molar-refractivity contribution in [3.8, 4) is 0 Å². The first-order valence-corrected chi connectivity index (χ1v) is 5.54. The molecule has 4 nitrogen and oxygen atoms in total. The van der Waals surface area contributed by atoms with Crippen molar-refractivity contribution in [1.82, 2.24) is 10.7 Å². The zero-order valence-electron chi connectivity index (χ0n) is 9.05. The first-order valence-electron chi connectivity index (χ1n) is 5.54. The lowest BCUT2D eigenvalue weighted by Gasteiger charge is -2.21. The number of nitrogens with one attached hydrogen (secondary N) is 2. The third-order valence-electron chi connectivity index (χ3n) is 2.93. The van der Waals surface area contributed by atoms with Crippen LogP contribution in [-0.4, -0.2) is 19.6 Å². The fraction of sp³-hybridized carbons (Fsp3) is 0.900. The normalized spacial score (nSPS) is 19.4. The summed E-state index contributed by atoms with van der Waals surface area (Å²) in [7, 11) is 1.73. The van der Waals surface area contributed by atoms with Gasteiger partial charge in [0.1, 0.15) is 0 Å². The average Bonchev–Trinajstić information content (AvgIpc) is 2.26. The van der Waals surface area contributed by atoms with Crippen LogP contribution in [-0.2, 0) is 0 Å². The predicted molar refractivity (Wildman–Crippen MR) is 59.9 cm³/mol. The lowest BCUT2D eigenvalue weighted by molar-refractivity contribution is 0.339. The van der Waals surface area contributed by atoms with Crippen molar-refractivity contribution in [3.63, 3.8) is 0 Å². The van der Waals surface area contributed by atoms with Gasteiger partial charge in [-0.2, -0.15) is 0 Å². The lowest BCUT2D eigenvalue weighted by Crippen LogP contribution is -2.42. The third-order valence-corrected chi connectivity index (χ3v) is 2.93. The zero-order chi connectivity index (χ0) is 10.2. The summed E-state index contributed by atoms with van der Waals surface area (Å²) in [5, 5.41) is 3.18. The largest absolute Gasteiger partial charge is 0.355 e. The molecule has 1 fully saturated rings. The van der Waals surface area contributed by atoms with E-state index in [2.05, 4.69) is 15.7 Å². The first kappa shape index (κ1) is 11.3. The maximum atomic E-state index is 5.26. The number of hydrazine groups is 1. The van der Waals surface area contributed by atoms with Gasteiger partial charge < -0.3 is 5.32 Å². The Hall–Kier alpha value is -0.770. The number of aliphatic imine (C=N–C) groups is 1. The molecule has 4 heteroatoms. The molecule has 0 aromatic heterocycles. The van der Waals surface area contributed by atoms with Crippen molar-refractivity contribution >= 4 is 5.96 Å². The Balaban J connectivity index is 2.07. The Labute approximate surface area is 86.3 Å². The van der Waals surface area contributed by atoms with Gasteiger partial charge in [-0.1, -0.05) is 32.1 Å². The van der Waals surface area contributed by atoms with E-state index in [0.717, 1.165) is 12.5 Å². The van der Waals surface area contributed by atoms with E-state index >= 15 is 0 Å². The van der Waals surface area contributed by atoms with Crippen molar-refractivity contribution in [3.05, 3.63) is 0 Å². The molecule has 1 saturated carbocycles. The molecule has 1 aliphatic rings. The summed E-state index contributed by atoms with van der Waals surface area (Å²) in [6, 6.07) is 0. The third kappa shape index (κ3) is 3.96. The van der Waals surface area contributed by atoms with Crippen LogP contribution >= 0.6 is 0 Å². The summed E-state index contributed by atoms with van der Waals surface area (Å²) < 4.78 is 0. The molecule has 0 aromatic carbocycles. The summed E-state index contributed by atoms with van der Waals surface area (Å²) in [6.07, 6.45) is 8.28. The van der Waals surface area contributed by atoms with E-state index in [9.17, 15) is 0 Å². The smallest absolute Gasteiger partial charge is 0.205 e. The second-order valence-electron chi connectivity index (χ2n) is 3.94. The quantitative estimate of drug-likeness (QED) is 0.274. The van der Waals surface area contributed by atoms with Crippen molar-refractivity contribution in [2.45, 2.75) is 38.5 Å². The number of hydrogen-bond acceptors (Lipinski definition) is 2. The summed E-state index contributed by atoms with van der Waals surface area (Å²) in [4.78, 5) is 3.96. The molecule has 4 N–H and O–H groups in total. The molecule has 0 unspecified atom stereocenters. The Morgan fingerprint density at radius 3 is 2.64 bits per heavy atom. The molecule has 82 valence electrons. The molecule has 14 heavy (non-hydrogen) atoms. The number of nitrogens with zero attached hydrogens (tertiary/aromatic N) is 1. The fourth-order valence-corrected chi connectivity index (χ4v) is 2.07. The van der Waals surface area contributed by atoms with Gasteiger partial charge in [0.25, 0.3) is 0 Å². The maximum absolute atomic E-state index is 5.26. The summed E-state index contributed by atoms with van der Waals surface area (Å²) >= 11 is 0. The van der Waals surface area contributed by atoms with Crippen LogP contribution in [0, 0.1) is 5.92 Å². The van der Waals surface area contributed by atoms with Crippen LogP contribution in [0.25, 0.3) is 0 Å². The van der Waals surface area contributed by atoms with Crippen LogP contribution in [0.1, 0.15) is 38.5 Å². The van der Waals surface area contributed by atoms with Crippen molar-refractivity contribution in [1.29, 1.82) is 0 Å². The Bertz CT molecular complexity index is 173. The van der Waals surface area contributed by atoms with Crippen LogP contribution in [0.15, 0.2) is 4.99 Å². The van der Waals surface area contributed by atoms with Gasteiger partial charge in [0.2, 0.25) is 5.96 Å². The second-order valence-corrected chi connectivity index (χ2v) is 3.94. The van der Waals surface area contributed by atoms with E-state index < -0.39 is 0 Å². The van der Waals surface area contributed by atoms with E-state index in [4.69, 9.17) is 5.84 Å². The average molecular weight is 198 g/mol. The lowest BCUT2D eigenvalue weighted by atomic mass is 9.87. The van der Waals surface area contributed by atoms with E-state index in [1.165, 1.54) is 38.5 Å². The highest BCUT2D eigenvalue weighted by molar-refractivity contribution is 5.78. The fourth-order valence-electron chi connectivity index (χ4n) is 2.07. The number of guanidine groups is 1. The van der Waals surface area contributed by atoms with Gasteiger partial charge in [-0.25, -0.2) is 5.84 Å². The van der Waals surface area contributed by atoms with Crippen LogP contribution in [0.3, 0.4) is 0 Å². The van der Waals surface area contributed by atoms with Gasteiger partial charge in [0.05, 0.1) is 0 Å². The van der Waals surface area contributed by atoms with Crippen molar-refractivity contribution < 1.29 is 0 Å². The molecule has 0 spiro atoms. The maximum Gasteiger partial charge on any atom is 0.205 e. The van der Waals surface area contributed by atoms with Gasteiger partial charge in [0.15, 0.2) is 0 Å². The first-order chi connectivity index (χ1) is 6.86. The molecule has 0 atom stereocenters. The predicted octanol–water partition coefficient (Wildman–Crippen LogP) is 0.995. The minimum atomic E-state index is 0.681. The van der Waals surface area contributed by atoms with Gasteiger partial charge in [0, 0.05) is 13.6 Å². The monoisotopic (exact) mass is 198 g/mol. The summed E-state index contributed by atoms with van der Waals surface area (Å²) in [5.41, 5.74) is 2.53. The van der Waals surface area contributed by atoms with E-state index in [1.54, 1.807) is 7.05 Å². The minimum Gasteiger partial charge on any atom is -0.355 e. The molecule has 0 aromatic rings. The molecule has 0 amide bonds. The highest BCUT2D eigenvalue weighted by atomic mass is 15.3. The van der Waals surface area contributed by atoms with Crippen LogP contribution in [0.4, 0.5) is 0 Å². The Morgan fingerprint density at radius 2 is 2.07 bits per heavy atom. The van der Waals surface area contributed by atoms with E-state index in [0.29, 0.717) is 5.96 Å².